The second-order valence-corrected chi connectivity index (χ2v) is 6.97. The summed E-state index contributed by atoms with van der Waals surface area (Å²) in [5.41, 5.74) is 0. The first-order valence-electron chi connectivity index (χ1n) is 6.69. The average Bonchev–Trinajstić information content (AvgIpc) is 2.70. The van der Waals surface area contributed by atoms with Gasteiger partial charge in [0.15, 0.2) is 9.84 Å². The van der Waals surface area contributed by atoms with Crippen LogP contribution in [-0.2, 0) is 19.4 Å². The topological polar surface area (TPSA) is 75.7 Å². The highest BCUT2D eigenvalue weighted by Crippen LogP contribution is 2.18. The predicted octanol–water partition coefficient (Wildman–Crippen LogP) is -0.352. The molecule has 0 aromatic rings. The summed E-state index contributed by atoms with van der Waals surface area (Å²) in [6, 6.07) is -0.186. The largest absolute Gasteiger partial charge is 0.383 e. The molecule has 6 nitrogen and oxygen atoms in total. The van der Waals surface area contributed by atoms with Gasteiger partial charge in [-0.15, -0.1) is 0 Å². The fraction of sp³-hybridized carbons (Fsp3) is 0.917. The molecule has 0 aromatic carbocycles. The summed E-state index contributed by atoms with van der Waals surface area (Å²) in [6.07, 6.45) is 0.938. The monoisotopic (exact) mass is 292 g/mol. The van der Waals surface area contributed by atoms with Crippen LogP contribution in [0.1, 0.15) is 19.8 Å². The Morgan fingerprint density at radius 3 is 2.74 bits per heavy atom. The maximum absolute atomic E-state index is 12.2. The lowest BCUT2D eigenvalue weighted by Crippen LogP contribution is -2.43. The van der Waals surface area contributed by atoms with Crippen LogP contribution in [0.2, 0.25) is 0 Å². The van der Waals surface area contributed by atoms with Crippen LogP contribution in [0.25, 0.3) is 0 Å². The van der Waals surface area contributed by atoms with Crippen molar-refractivity contribution in [2.45, 2.75) is 25.8 Å². The Labute approximate surface area is 115 Å². The van der Waals surface area contributed by atoms with E-state index in [2.05, 4.69) is 5.32 Å². The molecule has 0 saturated carbocycles. The number of rotatable bonds is 8. The van der Waals surface area contributed by atoms with Gasteiger partial charge < -0.3 is 15.0 Å². The summed E-state index contributed by atoms with van der Waals surface area (Å²) in [6.45, 7) is 4.32. The third-order valence-corrected chi connectivity index (χ3v) is 5.02. The third kappa shape index (κ3) is 5.46. The zero-order chi connectivity index (χ0) is 14.3. The molecule has 1 aliphatic rings. The van der Waals surface area contributed by atoms with Crippen LogP contribution in [0, 0.1) is 0 Å². The Balaban J connectivity index is 2.58. The van der Waals surface area contributed by atoms with Gasteiger partial charge in [0.25, 0.3) is 0 Å². The van der Waals surface area contributed by atoms with Crippen LogP contribution in [0.3, 0.4) is 0 Å². The summed E-state index contributed by atoms with van der Waals surface area (Å²) in [7, 11) is -1.40. The van der Waals surface area contributed by atoms with E-state index < -0.39 is 9.84 Å². The van der Waals surface area contributed by atoms with E-state index in [-0.39, 0.29) is 23.5 Å². The van der Waals surface area contributed by atoms with Gasteiger partial charge in [-0.3, -0.25) is 4.79 Å². The van der Waals surface area contributed by atoms with Gasteiger partial charge in [-0.2, -0.15) is 0 Å². The quantitative estimate of drug-likeness (QED) is 0.619. The first-order chi connectivity index (χ1) is 9.00. The first-order valence-corrected chi connectivity index (χ1v) is 8.52. The van der Waals surface area contributed by atoms with Gasteiger partial charge in [-0.1, -0.05) is 6.92 Å². The van der Waals surface area contributed by atoms with Crippen molar-refractivity contribution in [1.82, 2.24) is 10.2 Å². The molecule has 1 saturated heterocycles. The second kappa shape index (κ2) is 7.81. The van der Waals surface area contributed by atoms with Crippen molar-refractivity contribution >= 4 is 15.7 Å². The predicted molar refractivity (Wildman–Crippen MR) is 73.8 cm³/mol. The van der Waals surface area contributed by atoms with Crippen molar-refractivity contribution < 1.29 is 17.9 Å². The number of sulfone groups is 1. The Morgan fingerprint density at radius 1 is 1.47 bits per heavy atom. The number of nitrogens with one attached hydrogen (secondary N) is 1. The minimum atomic E-state index is -2.97. The number of hydrogen-bond acceptors (Lipinski definition) is 5. The van der Waals surface area contributed by atoms with Crippen molar-refractivity contribution in [3.63, 3.8) is 0 Å². The smallest absolute Gasteiger partial charge is 0.224 e. The van der Waals surface area contributed by atoms with Gasteiger partial charge in [0.2, 0.25) is 5.91 Å². The van der Waals surface area contributed by atoms with E-state index in [9.17, 15) is 13.2 Å². The van der Waals surface area contributed by atoms with Gasteiger partial charge >= 0.3 is 0 Å². The average molecular weight is 292 g/mol. The summed E-state index contributed by atoms with van der Waals surface area (Å²) in [5.74, 6) is 0.269. The molecule has 1 atom stereocenters. The van der Waals surface area contributed by atoms with E-state index in [1.807, 2.05) is 6.92 Å². The van der Waals surface area contributed by atoms with Crippen LogP contribution < -0.4 is 5.32 Å². The summed E-state index contributed by atoms with van der Waals surface area (Å²) >= 11 is 0. The highest BCUT2D eigenvalue weighted by Gasteiger charge is 2.34. The lowest BCUT2D eigenvalue weighted by Gasteiger charge is -2.28. The zero-order valence-corrected chi connectivity index (χ0v) is 12.5. The Morgan fingerprint density at radius 2 is 2.21 bits per heavy atom. The molecule has 0 radical (unpaired) electrons. The third-order valence-electron chi connectivity index (χ3n) is 3.27. The highest BCUT2D eigenvalue weighted by atomic mass is 32.2. The zero-order valence-electron chi connectivity index (χ0n) is 11.7. The SMILES string of the molecule is CCNCCC(=O)N(CCOC)C1CCS(=O)(=O)C1. The summed E-state index contributed by atoms with van der Waals surface area (Å²) in [4.78, 5) is 13.8. The molecule has 112 valence electrons. The van der Waals surface area contributed by atoms with Gasteiger partial charge in [-0.05, 0) is 13.0 Å². The Kier molecular flexibility index (Phi) is 6.74. The highest BCUT2D eigenvalue weighted by molar-refractivity contribution is 7.91. The molecule has 0 aromatic heterocycles. The van der Waals surface area contributed by atoms with Gasteiger partial charge in [-0.25, -0.2) is 8.42 Å². The molecule has 1 heterocycles. The molecule has 1 rings (SSSR count). The Bertz CT molecular complexity index is 383. The van der Waals surface area contributed by atoms with Gasteiger partial charge in [0.1, 0.15) is 0 Å². The fourth-order valence-corrected chi connectivity index (χ4v) is 3.97. The van der Waals surface area contributed by atoms with E-state index in [4.69, 9.17) is 4.74 Å². The molecule has 1 amide bonds. The molecule has 1 unspecified atom stereocenters. The van der Waals surface area contributed by atoms with E-state index >= 15 is 0 Å². The standard InChI is InChI=1S/C12H24N2O4S/c1-3-13-6-4-12(15)14(7-8-18-2)11-5-9-19(16,17)10-11/h11,13H,3-10H2,1-2H3. The maximum atomic E-state index is 12.2. The molecular formula is C12H24N2O4S. The van der Waals surface area contributed by atoms with Gasteiger partial charge in [0, 0.05) is 32.7 Å². The molecule has 1 fully saturated rings. The number of methoxy groups -OCH3 is 1. The normalized spacial score (nSPS) is 21.5. The lowest BCUT2D eigenvalue weighted by molar-refractivity contribution is -0.133. The number of hydrogen-bond donors (Lipinski definition) is 1. The van der Waals surface area contributed by atoms with Crippen molar-refractivity contribution in [3.8, 4) is 0 Å². The molecule has 0 aliphatic carbocycles. The first kappa shape index (κ1) is 16.4. The van der Waals surface area contributed by atoms with Gasteiger partial charge in [0.05, 0.1) is 18.1 Å². The molecule has 1 N–H and O–H groups in total. The summed E-state index contributed by atoms with van der Waals surface area (Å²) in [5, 5.41) is 3.10. The number of amides is 1. The molecule has 0 bridgehead atoms. The van der Waals surface area contributed by atoms with Crippen molar-refractivity contribution in [2.75, 3.05) is 44.9 Å². The molecule has 19 heavy (non-hydrogen) atoms. The molecular weight excluding hydrogens is 268 g/mol. The molecule has 0 spiro atoms. The van der Waals surface area contributed by atoms with Crippen LogP contribution in [0.4, 0.5) is 0 Å². The fourth-order valence-electron chi connectivity index (χ4n) is 2.24. The van der Waals surface area contributed by atoms with E-state index in [1.165, 1.54) is 0 Å². The number of ether oxygens (including phenoxy) is 1. The molecule has 1 aliphatic heterocycles. The van der Waals surface area contributed by atoms with Crippen molar-refractivity contribution in [3.05, 3.63) is 0 Å². The van der Waals surface area contributed by atoms with E-state index in [0.717, 1.165) is 6.54 Å². The number of carbonyl (C=O) groups excluding carboxylic acids is 1. The van der Waals surface area contributed by atoms with Crippen molar-refractivity contribution in [1.29, 1.82) is 0 Å². The second-order valence-electron chi connectivity index (χ2n) is 4.74. The van der Waals surface area contributed by atoms with Crippen LogP contribution in [0.5, 0.6) is 0 Å². The van der Waals surface area contributed by atoms with Crippen LogP contribution in [0.15, 0.2) is 0 Å². The Hall–Kier alpha value is -0.660. The summed E-state index contributed by atoms with van der Waals surface area (Å²) < 4.78 is 28.0. The molecule has 7 heteroatoms. The van der Waals surface area contributed by atoms with E-state index in [1.54, 1.807) is 12.0 Å². The number of nitrogens with zero attached hydrogens (tertiary/aromatic N) is 1. The van der Waals surface area contributed by atoms with Crippen LogP contribution in [-0.4, -0.2) is 70.1 Å². The van der Waals surface area contributed by atoms with Crippen LogP contribution >= 0.6 is 0 Å². The van der Waals surface area contributed by atoms with Crippen molar-refractivity contribution in [2.24, 2.45) is 0 Å². The maximum Gasteiger partial charge on any atom is 0.224 e. The minimum absolute atomic E-state index is 0.0000926. The number of carbonyl (C=O) groups is 1. The van der Waals surface area contributed by atoms with E-state index in [0.29, 0.717) is 32.5 Å². The minimum Gasteiger partial charge on any atom is -0.383 e. The lowest BCUT2D eigenvalue weighted by atomic mass is 10.2.